The molecule has 0 spiro atoms. The summed E-state index contributed by atoms with van der Waals surface area (Å²) >= 11 is 3.60. The summed E-state index contributed by atoms with van der Waals surface area (Å²) in [6.07, 6.45) is 3.82. The van der Waals surface area contributed by atoms with E-state index in [1.54, 1.807) is 0 Å². The normalized spacial score (nSPS) is 11.7. The number of fused-ring (bicyclic) bond motifs is 1. The lowest BCUT2D eigenvalue weighted by Crippen LogP contribution is -2.39. The van der Waals surface area contributed by atoms with Gasteiger partial charge in [-0.05, 0) is 30.2 Å². The van der Waals surface area contributed by atoms with Gasteiger partial charge in [0.15, 0.2) is 11.6 Å². The molecule has 7 heteroatoms. The second-order valence-electron chi connectivity index (χ2n) is 6.07. The number of benzene rings is 1. The zero-order chi connectivity index (χ0) is 18.4. The van der Waals surface area contributed by atoms with Crippen LogP contribution >= 0.6 is 15.9 Å². The number of aromatic nitrogens is 3. The van der Waals surface area contributed by atoms with Crippen LogP contribution in [0.4, 0.5) is 0 Å². The van der Waals surface area contributed by atoms with Gasteiger partial charge in [-0.2, -0.15) is 0 Å². The fraction of sp³-hybridized carbons (Fsp3) is 0.316. The summed E-state index contributed by atoms with van der Waals surface area (Å²) in [6, 6.07) is 14.2. The fourth-order valence-electron chi connectivity index (χ4n) is 2.85. The minimum Gasteiger partial charge on any atom is -0.356 e. The SMILES string of the molecule is CN=C(NCCCc1nnc2ccccn12)N(C)Cc1ccccc1Br. The maximum atomic E-state index is 4.38. The van der Waals surface area contributed by atoms with Gasteiger partial charge < -0.3 is 10.2 Å². The van der Waals surface area contributed by atoms with Gasteiger partial charge in [-0.3, -0.25) is 9.39 Å². The molecule has 0 amide bonds. The van der Waals surface area contributed by atoms with Crippen molar-refractivity contribution in [1.29, 1.82) is 0 Å². The van der Waals surface area contributed by atoms with E-state index in [0.717, 1.165) is 47.8 Å². The molecule has 3 rings (SSSR count). The van der Waals surface area contributed by atoms with E-state index in [-0.39, 0.29) is 0 Å². The van der Waals surface area contributed by atoms with Gasteiger partial charge in [0.25, 0.3) is 0 Å². The maximum Gasteiger partial charge on any atom is 0.193 e. The van der Waals surface area contributed by atoms with Crippen LogP contribution in [0.3, 0.4) is 0 Å². The molecule has 0 unspecified atom stereocenters. The van der Waals surface area contributed by atoms with Gasteiger partial charge in [-0.15, -0.1) is 10.2 Å². The van der Waals surface area contributed by atoms with Gasteiger partial charge in [0.2, 0.25) is 0 Å². The summed E-state index contributed by atoms with van der Waals surface area (Å²) < 4.78 is 3.15. The highest BCUT2D eigenvalue weighted by Gasteiger charge is 2.09. The Bertz CT molecular complexity index is 888. The number of rotatable bonds is 6. The second kappa shape index (κ2) is 8.80. The highest BCUT2D eigenvalue weighted by molar-refractivity contribution is 9.10. The van der Waals surface area contributed by atoms with Crippen LogP contribution in [0.1, 0.15) is 17.8 Å². The molecule has 0 aliphatic heterocycles. The Balaban J connectivity index is 1.50. The van der Waals surface area contributed by atoms with E-state index in [1.165, 1.54) is 5.56 Å². The predicted octanol–water partition coefficient (Wildman–Crippen LogP) is 3.13. The maximum absolute atomic E-state index is 4.38. The number of pyridine rings is 1. The van der Waals surface area contributed by atoms with Gasteiger partial charge in [0, 0.05) is 44.3 Å². The van der Waals surface area contributed by atoms with Crippen LogP contribution in [-0.2, 0) is 13.0 Å². The van der Waals surface area contributed by atoms with Crippen molar-refractivity contribution in [3.63, 3.8) is 0 Å². The molecule has 1 aromatic carbocycles. The number of aliphatic imine (C=N–C) groups is 1. The van der Waals surface area contributed by atoms with E-state index in [4.69, 9.17) is 0 Å². The van der Waals surface area contributed by atoms with Crippen LogP contribution < -0.4 is 5.32 Å². The molecule has 0 fully saturated rings. The van der Waals surface area contributed by atoms with Gasteiger partial charge in [-0.25, -0.2) is 0 Å². The van der Waals surface area contributed by atoms with Crippen LogP contribution in [0.2, 0.25) is 0 Å². The molecule has 0 aliphatic carbocycles. The van der Waals surface area contributed by atoms with Crippen molar-refractivity contribution < 1.29 is 0 Å². The first kappa shape index (κ1) is 18.4. The number of guanidine groups is 1. The van der Waals surface area contributed by atoms with Gasteiger partial charge in [-0.1, -0.05) is 40.2 Å². The summed E-state index contributed by atoms with van der Waals surface area (Å²) in [5, 5.41) is 11.9. The van der Waals surface area contributed by atoms with E-state index in [9.17, 15) is 0 Å². The highest BCUT2D eigenvalue weighted by Crippen LogP contribution is 2.17. The van der Waals surface area contributed by atoms with Crippen LogP contribution in [-0.4, -0.2) is 46.1 Å². The number of hydrogen-bond donors (Lipinski definition) is 1. The van der Waals surface area contributed by atoms with E-state index in [1.807, 2.05) is 55.0 Å². The monoisotopic (exact) mass is 414 g/mol. The van der Waals surface area contributed by atoms with Crippen molar-refractivity contribution in [1.82, 2.24) is 24.8 Å². The van der Waals surface area contributed by atoms with Crippen LogP contribution in [0, 0.1) is 0 Å². The Kier molecular flexibility index (Phi) is 6.22. The number of hydrogen-bond acceptors (Lipinski definition) is 3. The average molecular weight is 415 g/mol. The largest absolute Gasteiger partial charge is 0.356 e. The Morgan fingerprint density at radius 1 is 1.19 bits per heavy atom. The number of halogens is 1. The Hall–Kier alpha value is -2.41. The second-order valence-corrected chi connectivity index (χ2v) is 6.92. The minimum atomic E-state index is 0.788. The average Bonchev–Trinajstić information content (AvgIpc) is 3.07. The number of nitrogens with one attached hydrogen (secondary N) is 1. The topological polar surface area (TPSA) is 57.8 Å². The molecule has 2 heterocycles. The van der Waals surface area contributed by atoms with Crippen LogP contribution in [0.15, 0.2) is 58.1 Å². The first-order chi connectivity index (χ1) is 12.7. The molecule has 0 saturated carbocycles. The van der Waals surface area contributed by atoms with Crippen molar-refractivity contribution in [3.8, 4) is 0 Å². The molecule has 0 atom stereocenters. The van der Waals surface area contributed by atoms with Crippen LogP contribution in [0.5, 0.6) is 0 Å². The third-order valence-electron chi connectivity index (χ3n) is 4.18. The summed E-state index contributed by atoms with van der Waals surface area (Å²) in [5.74, 6) is 1.87. The quantitative estimate of drug-likeness (QED) is 0.382. The zero-order valence-corrected chi connectivity index (χ0v) is 16.6. The van der Waals surface area contributed by atoms with Gasteiger partial charge in [0.05, 0.1) is 0 Å². The van der Waals surface area contributed by atoms with E-state index in [0.29, 0.717) is 0 Å². The minimum absolute atomic E-state index is 0.788. The molecule has 0 bridgehead atoms. The lowest BCUT2D eigenvalue weighted by molar-refractivity contribution is 0.474. The lowest BCUT2D eigenvalue weighted by Gasteiger charge is -2.22. The van der Waals surface area contributed by atoms with Crippen molar-refractivity contribution in [2.24, 2.45) is 4.99 Å². The lowest BCUT2D eigenvalue weighted by atomic mass is 10.2. The van der Waals surface area contributed by atoms with E-state index < -0.39 is 0 Å². The Morgan fingerprint density at radius 3 is 2.81 bits per heavy atom. The third-order valence-corrected chi connectivity index (χ3v) is 4.96. The number of nitrogens with zero attached hydrogens (tertiary/aromatic N) is 5. The smallest absolute Gasteiger partial charge is 0.193 e. The highest BCUT2D eigenvalue weighted by atomic mass is 79.9. The molecule has 0 radical (unpaired) electrons. The summed E-state index contributed by atoms with van der Waals surface area (Å²) in [5.41, 5.74) is 2.12. The van der Waals surface area contributed by atoms with Crippen molar-refractivity contribution in [3.05, 3.63) is 64.5 Å². The molecule has 2 aromatic heterocycles. The molecule has 0 saturated heterocycles. The first-order valence-electron chi connectivity index (χ1n) is 8.63. The van der Waals surface area contributed by atoms with Crippen molar-refractivity contribution >= 4 is 27.5 Å². The summed E-state index contributed by atoms with van der Waals surface area (Å²) in [4.78, 5) is 6.50. The molecule has 6 nitrogen and oxygen atoms in total. The van der Waals surface area contributed by atoms with E-state index >= 15 is 0 Å². The van der Waals surface area contributed by atoms with Crippen molar-refractivity contribution in [2.45, 2.75) is 19.4 Å². The summed E-state index contributed by atoms with van der Waals surface area (Å²) in [7, 11) is 3.85. The predicted molar refractivity (Wildman–Crippen MR) is 108 cm³/mol. The van der Waals surface area contributed by atoms with Crippen LogP contribution in [0.25, 0.3) is 5.65 Å². The third kappa shape index (κ3) is 4.40. The van der Waals surface area contributed by atoms with Crippen molar-refractivity contribution in [2.75, 3.05) is 20.6 Å². The Morgan fingerprint density at radius 2 is 2.00 bits per heavy atom. The number of aryl methyl sites for hydroxylation is 1. The molecular weight excluding hydrogens is 392 g/mol. The first-order valence-corrected chi connectivity index (χ1v) is 9.42. The summed E-state index contributed by atoms with van der Waals surface area (Å²) in [6.45, 7) is 1.62. The van der Waals surface area contributed by atoms with E-state index in [2.05, 4.69) is 53.5 Å². The van der Waals surface area contributed by atoms with Gasteiger partial charge in [0.1, 0.15) is 5.82 Å². The molecule has 0 aliphatic rings. The Labute approximate surface area is 162 Å². The molecule has 1 N–H and O–H groups in total. The molecular formula is C19H23BrN6. The molecule has 3 aromatic rings. The fourth-order valence-corrected chi connectivity index (χ4v) is 3.26. The molecule has 136 valence electrons. The van der Waals surface area contributed by atoms with Gasteiger partial charge >= 0.3 is 0 Å². The standard InChI is InChI=1S/C19H23BrN6/c1-21-19(25(2)14-15-8-3-4-9-16(15)20)22-12-7-11-18-24-23-17-10-5-6-13-26(17)18/h3-6,8-10,13H,7,11-12,14H2,1-2H3,(H,21,22). The molecule has 26 heavy (non-hydrogen) atoms. The zero-order valence-electron chi connectivity index (χ0n) is 15.1.